The van der Waals surface area contributed by atoms with E-state index in [0.717, 1.165) is 16.8 Å². The molecule has 4 nitrogen and oxygen atoms in total. The second-order valence-corrected chi connectivity index (χ2v) is 6.11. The Kier molecular flexibility index (Phi) is 5.86. The van der Waals surface area contributed by atoms with Crippen LogP contribution in [0.25, 0.3) is 0 Å². The van der Waals surface area contributed by atoms with E-state index in [0.29, 0.717) is 15.7 Å². The van der Waals surface area contributed by atoms with E-state index in [1.54, 1.807) is 12.1 Å². The van der Waals surface area contributed by atoms with Crippen molar-refractivity contribution in [3.8, 4) is 6.07 Å². The van der Waals surface area contributed by atoms with E-state index in [4.69, 9.17) is 23.2 Å². The Labute approximate surface area is 150 Å². The summed E-state index contributed by atoms with van der Waals surface area (Å²) in [5.41, 5.74) is 3.29. The second kappa shape index (κ2) is 7.87. The number of hydrogen-bond acceptors (Lipinski definition) is 3. The van der Waals surface area contributed by atoms with Crippen molar-refractivity contribution >= 4 is 40.5 Å². The monoisotopic (exact) mass is 359 g/mol. The zero-order chi connectivity index (χ0) is 17.7. The Morgan fingerprint density at radius 1 is 1.12 bits per heavy atom. The summed E-state index contributed by atoms with van der Waals surface area (Å²) in [4.78, 5) is 12.2. The molecule has 0 aliphatic rings. The van der Waals surface area contributed by atoms with Gasteiger partial charge in [0, 0.05) is 16.9 Å². The first-order valence-corrected chi connectivity index (χ1v) is 7.86. The van der Waals surface area contributed by atoms with Crippen molar-refractivity contribution < 1.29 is 4.79 Å². The Balaban J connectivity index is 2.15. The van der Waals surface area contributed by atoms with E-state index in [2.05, 4.69) is 10.6 Å². The Morgan fingerprint density at radius 2 is 1.79 bits per heavy atom. The van der Waals surface area contributed by atoms with Crippen LogP contribution in [0.1, 0.15) is 11.1 Å². The van der Waals surface area contributed by atoms with Gasteiger partial charge in [0.2, 0.25) is 0 Å². The lowest BCUT2D eigenvalue weighted by Crippen LogP contribution is -2.14. The van der Waals surface area contributed by atoms with Crippen LogP contribution < -0.4 is 10.6 Å². The van der Waals surface area contributed by atoms with E-state index in [1.807, 2.05) is 38.1 Å². The molecule has 24 heavy (non-hydrogen) atoms. The van der Waals surface area contributed by atoms with Crippen LogP contribution in [0.5, 0.6) is 0 Å². The number of carbonyl (C=O) groups excluding carboxylic acids is 1. The van der Waals surface area contributed by atoms with Crippen molar-refractivity contribution in [2.75, 3.05) is 10.6 Å². The zero-order valence-corrected chi connectivity index (χ0v) is 14.7. The summed E-state index contributed by atoms with van der Waals surface area (Å²) in [6, 6.07) is 12.5. The fourth-order valence-corrected chi connectivity index (χ4v) is 2.60. The van der Waals surface area contributed by atoms with Crippen LogP contribution in [0.15, 0.2) is 48.2 Å². The van der Waals surface area contributed by atoms with Gasteiger partial charge in [-0.3, -0.25) is 4.79 Å². The number of nitriles is 1. The fourth-order valence-electron chi connectivity index (χ4n) is 2.14. The minimum absolute atomic E-state index is 0.0693. The highest BCUT2D eigenvalue weighted by Crippen LogP contribution is 2.25. The highest BCUT2D eigenvalue weighted by atomic mass is 35.5. The molecule has 0 saturated heterocycles. The topological polar surface area (TPSA) is 64.9 Å². The molecule has 0 saturated carbocycles. The number of nitrogens with one attached hydrogen (secondary N) is 2. The summed E-state index contributed by atoms with van der Waals surface area (Å²) in [7, 11) is 0. The highest BCUT2D eigenvalue weighted by molar-refractivity contribution is 6.36. The predicted molar refractivity (Wildman–Crippen MR) is 98.3 cm³/mol. The summed E-state index contributed by atoms with van der Waals surface area (Å²) in [6.45, 7) is 3.95. The van der Waals surface area contributed by atoms with Crippen LogP contribution in [0, 0.1) is 25.2 Å². The molecule has 0 aliphatic heterocycles. The van der Waals surface area contributed by atoms with Crippen molar-refractivity contribution in [1.29, 1.82) is 5.26 Å². The van der Waals surface area contributed by atoms with Crippen LogP contribution >= 0.6 is 23.2 Å². The number of rotatable bonds is 4. The first kappa shape index (κ1) is 17.9. The van der Waals surface area contributed by atoms with E-state index in [1.165, 1.54) is 12.3 Å². The predicted octanol–water partition coefficient (Wildman–Crippen LogP) is 5.07. The number of carbonyl (C=O) groups is 1. The van der Waals surface area contributed by atoms with Gasteiger partial charge in [0.1, 0.15) is 11.6 Å². The minimum Gasteiger partial charge on any atom is -0.360 e. The molecule has 0 spiro atoms. The Hall–Kier alpha value is -2.48. The molecule has 0 atom stereocenters. The van der Waals surface area contributed by atoms with Crippen molar-refractivity contribution in [3.63, 3.8) is 0 Å². The molecule has 0 unspecified atom stereocenters. The molecule has 122 valence electrons. The lowest BCUT2D eigenvalue weighted by Gasteiger charge is -2.08. The molecule has 2 aromatic rings. The van der Waals surface area contributed by atoms with Crippen molar-refractivity contribution in [3.05, 3.63) is 69.3 Å². The summed E-state index contributed by atoms with van der Waals surface area (Å²) >= 11 is 11.8. The average molecular weight is 360 g/mol. The van der Waals surface area contributed by atoms with Gasteiger partial charge in [0.25, 0.3) is 5.91 Å². The lowest BCUT2D eigenvalue weighted by atomic mass is 10.1. The molecular weight excluding hydrogens is 345 g/mol. The minimum atomic E-state index is -0.557. The van der Waals surface area contributed by atoms with E-state index >= 15 is 0 Å². The van der Waals surface area contributed by atoms with Gasteiger partial charge < -0.3 is 10.6 Å². The van der Waals surface area contributed by atoms with Crippen LogP contribution in [0.4, 0.5) is 11.4 Å². The van der Waals surface area contributed by atoms with E-state index in [9.17, 15) is 10.1 Å². The molecule has 0 bridgehead atoms. The van der Waals surface area contributed by atoms with Crippen LogP contribution in [0.2, 0.25) is 10.0 Å². The molecule has 2 aromatic carbocycles. The maximum atomic E-state index is 12.2. The number of anilines is 2. The third kappa shape index (κ3) is 4.76. The van der Waals surface area contributed by atoms with Gasteiger partial charge in [-0.1, -0.05) is 29.3 Å². The standard InChI is InChI=1S/C18H15Cl2N3O/c1-11-5-12(2)7-15(6-11)22-10-13(9-21)18(24)23-17-4-3-14(19)8-16(17)20/h3-8,10,22H,1-2H3,(H,23,24)/b13-10-. The zero-order valence-electron chi connectivity index (χ0n) is 13.2. The van der Waals surface area contributed by atoms with E-state index < -0.39 is 5.91 Å². The molecule has 0 fully saturated rings. The van der Waals surface area contributed by atoms with Crippen molar-refractivity contribution in [2.24, 2.45) is 0 Å². The number of halogens is 2. The van der Waals surface area contributed by atoms with E-state index in [-0.39, 0.29) is 5.57 Å². The molecule has 2 N–H and O–H groups in total. The first-order chi connectivity index (χ1) is 11.4. The maximum Gasteiger partial charge on any atom is 0.267 e. The van der Waals surface area contributed by atoms with Gasteiger partial charge in [0.05, 0.1) is 10.7 Å². The highest BCUT2D eigenvalue weighted by Gasteiger charge is 2.11. The summed E-state index contributed by atoms with van der Waals surface area (Å²) < 4.78 is 0. The molecule has 2 rings (SSSR count). The molecule has 6 heteroatoms. The Bertz CT molecular complexity index is 834. The lowest BCUT2D eigenvalue weighted by molar-refractivity contribution is -0.112. The molecule has 0 aromatic heterocycles. The molecule has 0 radical (unpaired) electrons. The quantitative estimate of drug-likeness (QED) is 0.591. The van der Waals surface area contributed by atoms with Gasteiger partial charge in [-0.05, 0) is 55.3 Å². The fraction of sp³-hybridized carbons (Fsp3) is 0.111. The summed E-state index contributed by atoms with van der Waals surface area (Å²) in [5.74, 6) is -0.557. The number of amides is 1. The summed E-state index contributed by atoms with van der Waals surface area (Å²) in [6.07, 6.45) is 1.37. The van der Waals surface area contributed by atoms with Crippen LogP contribution in [-0.2, 0) is 4.79 Å². The van der Waals surface area contributed by atoms with Gasteiger partial charge >= 0.3 is 0 Å². The van der Waals surface area contributed by atoms with Crippen molar-refractivity contribution in [1.82, 2.24) is 0 Å². The van der Waals surface area contributed by atoms with Gasteiger partial charge in [-0.15, -0.1) is 0 Å². The van der Waals surface area contributed by atoms with Crippen LogP contribution in [0.3, 0.4) is 0 Å². The number of aryl methyl sites for hydroxylation is 2. The Morgan fingerprint density at radius 3 is 2.38 bits per heavy atom. The van der Waals surface area contributed by atoms with Gasteiger partial charge in [0.15, 0.2) is 0 Å². The van der Waals surface area contributed by atoms with Crippen LogP contribution in [-0.4, -0.2) is 5.91 Å². The number of benzene rings is 2. The summed E-state index contributed by atoms with van der Waals surface area (Å²) in [5, 5.41) is 15.5. The third-order valence-corrected chi connectivity index (χ3v) is 3.70. The second-order valence-electron chi connectivity index (χ2n) is 5.27. The molecule has 0 heterocycles. The van der Waals surface area contributed by atoms with Crippen molar-refractivity contribution in [2.45, 2.75) is 13.8 Å². The largest absolute Gasteiger partial charge is 0.360 e. The SMILES string of the molecule is Cc1cc(C)cc(N/C=C(/C#N)C(=O)Nc2ccc(Cl)cc2Cl)c1. The van der Waals surface area contributed by atoms with Gasteiger partial charge in [-0.25, -0.2) is 0 Å². The third-order valence-electron chi connectivity index (χ3n) is 3.15. The normalized spacial score (nSPS) is 10.9. The van der Waals surface area contributed by atoms with Gasteiger partial charge in [-0.2, -0.15) is 5.26 Å². The maximum absolute atomic E-state index is 12.2. The smallest absolute Gasteiger partial charge is 0.267 e. The molecule has 0 aliphatic carbocycles. The molecular formula is C18H15Cl2N3O. The number of hydrogen-bond donors (Lipinski definition) is 2. The average Bonchev–Trinajstić information content (AvgIpc) is 2.50. The molecule has 1 amide bonds. The number of nitrogens with zero attached hydrogens (tertiary/aromatic N) is 1. The first-order valence-electron chi connectivity index (χ1n) is 7.10.